The Balaban J connectivity index is 1.74. The van der Waals surface area contributed by atoms with Gasteiger partial charge in [-0.3, -0.25) is 9.69 Å². The molecule has 0 aliphatic heterocycles. The SMILES string of the molecule is CC(=O)N(c1ccc(C)c(C)c1)c1nc(COC(=O)c2ccc(C)c(C)c2)cs1. The molecule has 3 rings (SSSR count). The second-order valence-electron chi connectivity index (χ2n) is 7.12. The second-order valence-corrected chi connectivity index (χ2v) is 7.96. The van der Waals surface area contributed by atoms with Crippen molar-refractivity contribution in [2.75, 3.05) is 4.90 Å². The minimum absolute atomic E-state index is 0.0565. The van der Waals surface area contributed by atoms with Crippen molar-refractivity contribution in [3.05, 3.63) is 75.3 Å². The van der Waals surface area contributed by atoms with Crippen LogP contribution in [0.5, 0.6) is 0 Å². The Kier molecular flexibility index (Phi) is 6.13. The molecule has 2 aromatic carbocycles. The summed E-state index contributed by atoms with van der Waals surface area (Å²) in [6.45, 7) is 9.57. The molecule has 0 spiro atoms. The van der Waals surface area contributed by atoms with E-state index in [1.54, 1.807) is 16.3 Å². The number of benzene rings is 2. The second kappa shape index (κ2) is 8.57. The number of hydrogen-bond acceptors (Lipinski definition) is 5. The molecule has 1 aromatic heterocycles. The lowest BCUT2D eigenvalue weighted by Crippen LogP contribution is -2.22. The molecule has 0 saturated carbocycles. The maximum atomic E-state index is 12.3. The lowest BCUT2D eigenvalue weighted by Gasteiger charge is -2.19. The number of carbonyl (C=O) groups excluding carboxylic acids is 2. The maximum absolute atomic E-state index is 12.3. The molecule has 29 heavy (non-hydrogen) atoms. The van der Waals surface area contributed by atoms with Gasteiger partial charge < -0.3 is 4.74 Å². The first-order valence-corrected chi connectivity index (χ1v) is 10.2. The number of amides is 1. The highest BCUT2D eigenvalue weighted by Crippen LogP contribution is 2.30. The normalized spacial score (nSPS) is 10.7. The van der Waals surface area contributed by atoms with Gasteiger partial charge in [-0.2, -0.15) is 0 Å². The molecule has 0 saturated heterocycles. The monoisotopic (exact) mass is 408 g/mol. The van der Waals surface area contributed by atoms with Gasteiger partial charge in [-0.1, -0.05) is 12.1 Å². The largest absolute Gasteiger partial charge is 0.456 e. The Labute approximate surface area is 175 Å². The van der Waals surface area contributed by atoms with Crippen LogP contribution in [0.4, 0.5) is 10.8 Å². The molecule has 0 aliphatic carbocycles. The highest BCUT2D eigenvalue weighted by molar-refractivity contribution is 7.14. The highest BCUT2D eigenvalue weighted by Gasteiger charge is 2.19. The molecule has 0 aliphatic rings. The average molecular weight is 409 g/mol. The fraction of sp³-hybridized carbons (Fsp3) is 0.261. The Morgan fingerprint density at radius 3 is 2.24 bits per heavy atom. The van der Waals surface area contributed by atoms with Crippen LogP contribution >= 0.6 is 11.3 Å². The summed E-state index contributed by atoms with van der Waals surface area (Å²) in [6, 6.07) is 11.3. The number of carbonyl (C=O) groups is 2. The van der Waals surface area contributed by atoms with Crippen molar-refractivity contribution in [1.82, 2.24) is 4.98 Å². The lowest BCUT2D eigenvalue weighted by atomic mass is 10.1. The van der Waals surface area contributed by atoms with E-state index in [9.17, 15) is 9.59 Å². The third kappa shape index (κ3) is 4.71. The summed E-state index contributed by atoms with van der Waals surface area (Å²) in [5.41, 5.74) is 6.33. The van der Waals surface area contributed by atoms with Crippen LogP contribution in [0.3, 0.4) is 0 Å². The van der Waals surface area contributed by atoms with Gasteiger partial charge in [-0.15, -0.1) is 11.3 Å². The van der Waals surface area contributed by atoms with E-state index in [-0.39, 0.29) is 18.5 Å². The average Bonchev–Trinajstić information content (AvgIpc) is 3.13. The smallest absolute Gasteiger partial charge is 0.338 e. The number of ether oxygens (including phenoxy) is 1. The van der Waals surface area contributed by atoms with Crippen molar-refractivity contribution >= 4 is 34.0 Å². The summed E-state index contributed by atoms with van der Waals surface area (Å²) in [4.78, 5) is 30.7. The first-order valence-electron chi connectivity index (χ1n) is 9.33. The van der Waals surface area contributed by atoms with Crippen LogP contribution in [0.1, 0.15) is 45.2 Å². The van der Waals surface area contributed by atoms with Gasteiger partial charge in [-0.05, 0) is 74.2 Å². The van der Waals surface area contributed by atoms with Gasteiger partial charge >= 0.3 is 5.97 Å². The molecule has 0 atom stereocenters. The molecule has 6 heteroatoms. The number of aryl methyl sites for hydroxylation is 4. The Morgan fingerprint density at radius 2 is 1.62 bits per heavy atom. The summed E-state index contributed by atoms with van der Waals surface area (Å²) in [5.74, 6) is -0.512. The van der Waals surface area contributed by atoms with E-state index in [1.807, 2.05) is 58.0 Å². The fourth-order valence-corrected chi connectivity index (χ4v) is 3.72. The van der Waals surface area contributed by atoms with Gasteiger partial charge in [0.1, 0.15) is 6.61 Å². The van der Waals surface area contributed by atoms with E-state index >= 15 is 0 Å². The molecular weight excluding hydrogens is 384 g/mol. The zero-order valence-electron chi connectivity index (χ0n) is 17.3. The van der Waals surface area contributed by atoms with E-state index in [0.717, 1.165) is 27.9 Å². The topological polar surface area (TPSA) is 59.5 Å². The first kappa shape index (κ1) is 20.7. The zero-order valence-corrected chi connectivity index (χ0v) is 18.1. The molecule has 0 fully saturated rings. The van der Waals surface area contributed by atoms with Crippen LogP contribution in [0, 0.1) is 27.7 Å². The van der Waals surface area contributed by atoms with Crippen LogP contribution < -0.4 is 4.90 Å². The Bertz CT molecular complexity index is 1070. The summed E-state index contributed by atoms with van der Waals surface area (Å²) >= 11 is 1.35. The van der Waals surface area contributed by atoms with Crippen molar-refractivity contribution < 1.29 is 14.3 Å². The molecule has 5 nitrogen and oxygen atoms in total. The van der Waals surface area contributed by atoms with Crippen molar-refractivity contribution in [3.8, 4) is 0 Å². The van der Waals surface area contributed by atoms with E-state index in [1.165, 1.54) is 18.3 Å². The van der Waals surface area contributed by atoms with Gasteiger partial charge in [0.25, 0.3) is 0 Å². The molecule has 0 N–H and O–H groups in total. The number of hydrogen-bond donors (Lipinski definition) is 0. The van der Waals surface area contributed by atoms with Crippen LogP contribution in [-0.4, -0.2) is 16.9 Å². The number of thiazole rings is 1. The number of anilines is 2. The van der Waals surface area contributed by atoms with Crippen molar-refractivity contribution in [2.24, 2.45) is 0 Å². The summed E-state index contributed by atoms with van der Waals surface area (Å²) in [5, 5.41) is 2.36. The number of aromatic nitrogens is 1. The number of nitrogens with zero attached hydrogens (tertiary/aromatic N) is 2. The summed E-state index contributed by atoms with van der Waals surface area (Å²) < 4.78 is 5.40. The molecule has 3 aromatic rings. The predicted molar refractivity (Wildman–Crippen MR) is 116 cm³/mol. The third-order valence-electron chi connectivity index (χ3n) is 4.89. The minimum Gasteiger partial charge on any atom is -0.456 e. The number of esters is 1. The molecule has 1 amide bonds. The van der Waals surface area contributed by atoms with Crippen LogP contribution in [0.15, 0.2) is 41.8 Å². The zero-order chi connectivity index (χ0) is 21.1. The van der Waals surface area contributed by atoms with Gasteiger partial charge in [0.15, 0.2) is 5.13 Å². The lowest BCUT2D eigenvalue weighted by molar-refractivity contribution is -0.115. The van der Waals surface area contributed by atoms with E-state index in [2.05, 4.69) is 4.98 Å². The maximum Gasteiger partial charge on any atom is 0.338 e. The molecule has 0 unspecified atom stereocenters. The molecule has 0 bridgehead atoms. The highest BCUT2D eigenvalue weighted by atomic mass is 32.1. The standard InChI is InChI=1S/C23H24N2O3S/c1-14-6-8-19(10-16(14)3)22(27)28-12-20-13-29-23(24-20)25(18(5)26)21-9-7-15(2)17(4)11-21/h6-11,13H,12H2,1-5H3. The van der Waals surface area contributed by atoms with Crippen molar-refractivity contribution in [1.29, 1.82) is 0 Å². The quantitative estimate of drug-likeness (QED) is 0.529. The van der Waals surface area contributed by atoms with Gasteiger partial charge in [0.05, 0.1) is 16.9 Å². The molecule has 0 radical (unpaired) electrons. The Hall–Kier alpha value is -2.99. The molecular formula is C23H24N2O3S. The van der Waals surface area contributed by atoms with Gasteiger partial charge in [0, 0.05) is 12.3 Å². The molecule has 150 valence electrons. The first-order chi connectivity index (χ1) is 13.8. The Morgan fingerprint density at radius 1 is 0.966 bits per heavy atom. The van der Waals surface area contributed by atoms with E-state index in [4.69, 9.17) is 4.74 Å². The van der Waals surface area contributed by atoms with Crippen LogP contribution in [0.2, 0.25) is 0 Å². The van der Waals surface area contributed by atoms with Gasteiger partial charge in [0.2, 0.25) is 5.91 Å². The van der Waals surface area contributed by atoms with Crippen LogP contribution in [-0.2, 0) is 16.1 Å². The van der Waals surface area contributed by atoms with E-state index < -0.39 is 0 Å². The minimum atomic E-state index is -0.389. The predicted octanol–water partition coefficient (Wildman–Crippen LogP) is 5.42. The fourth-order valence-electron chi connectivity index (χ4n) is 2.85. The summed E-state index contributed by atoms with van der Waals surface area (Å²) in [7, 11) is 0. The van der Waals surface area contributed by atoms with Crippen molar-refractivity contribution in [2.45, 2.75) is 41.2 Å². The van der Waals surface area contributed by atoms with Crippen LogP contribution in [0.25, 0.3) is 0 Å². The molecule has 1 heterocycles. The van der Waals surface area contributed by atoms with E-state index in [0.29, 0.717) is 16.4 Å². The van der Waals surface area contributed by atoms with Crippen molar-refractivity contribution in [3.63, 3.8) is 0 Å². The third-order valence-corrected chi connectivity index (χ3v) is 5.76. The van der Waals surface area contributed by atoms with Gasteiger partial charge in [-0.25, -0.2) is 9.78 Å². The summed E-state index contributed by atoms with van der Waals surface area (Å²) in [6.07, 6.45) is 0. The number of rotatable bonds is 5.